The molecular formula is C17H23FN4. The van der Waals surface area contributed by atoms with Crippen molar-refractivity contribution in [3.05, 3.63) is 47.5 Å². The lowest BCUT2D eigenvalue weighted by atomic mass is 9.81. The number of rotatable bonds is 5. The number of hydrogen-bond acceptors (Lipinski definition) is 3. The molecule has 1 fully saturated rings. The summed E-state index contributed by atoms with van der Waals surface area (Å²) in [5.41, 5.74) is 2.87. The minimum atomic E-state index is -0.405. The van der Waals surface area contributed by atoms with Crippen LogP contribution in [0.2, 0.25) is 0 Å². The van der Waals surface area contributed by atoms with Crippen LogP contribution in [0.15, 0.2) is 30.6 Å². The number of aromatic nitrogens is 3. The van der Waals surface area contributed by atoms with E-state index in [-0.39, 0.29) is 5.41 Å². The van der Waals surface area contributed by atoms with Gasteiger partial charge in [-0.1, -0.05) is 36.8 Å². The van der Waals surface area contributed by atoms with Crippen LogP contribution < -0.4 is 0 Å². The maximum absolute atomic E-state index is 12.5. The highest BCUT2D eigenvalue weighted by molar-refractivity contribution is 5.29. The van der Waals surface area contributed by atoms with Gasteiger partial charge in [-0.2, -0.15) is 5.10 Å². The summed E-state index contributed by atoms with van der Waals surface area (Å²) < 4.78 is 14.2. The van der Waals surface area contributed by atoms with E-state index in [0.29, 0.717) is 6.54 Å². The molecule has 0 N–H and O–H groups in total. The molecule has 118 valence electrons. The molecule has 1 aromatic carbocycles. The topological polar surface area (TPSA) is 34.0 Å². The molecule has 0 radical (unpaired) electrons. The van der Waals surface area contributed by atoms with Gasteiger partial charge in [-0.15, -0.1) is 0 Å². The molecule has 4 nitrogen and oxygen atoms in total. The standard InChI is InChI=1S/C17H23FN4/c1-14-3-5-15(6-4-14)17(2)7-9-21(12-17)11-16-19-13-20-22(16)10-8-18/h3-6,13H,7-12H2,1-2H3. The van der Waals surface area contributed by atoms with Crippen molar-refractivity contribution < 1.29 is 4.39 Å². The summed E-state index contributed by atoms with van der Waals surface area (Å²) in [7, 11) is 0. The Morgan fingerprint density at radius 3 is 2.77 bits per heavy atom. The fourth-order valence-corrected chi connectivity index (χ4v) is 3.26. The normalized spacial score (nSPS) is 22.3. The summed E-state index contributed by atoms with van der Waals surface area (Å²) in [6.07, 6.45) is 2.65. The van der Waals surface area contributed by atoms with Crippen LogP contribution in [0, 0.1) is 6.92 Å². The Bertz CT molecular complexity index is 622. The van der Waals surface area contributed by atoms with Gasteiger partial charge in [-0.3, -0.25) is 4.90 Å². The summed E-state index contributed by atoms with van der Waals surface area (Å²) in [4.78, 5) is 6.66. The van der Waals surface area contributed by atoms with Gasteiger partial charge in [0.05, 0.1) is 13.1 Å². The van der Waals surface area contributed by atoms with Crippen molar-refractivity contribution in [2.45, 2.75) is 38.8 Å². The van der Waals surface area contributed by atoms with Crippen LogP contribution in [-0.4, -0.2) is 39.4 Å². The average Bonchev–Trinajstić information content (AvgIpc) is 3.09. The number of halogens is 1. The molecule has 0 amide bonds. The molecular weight excluding hydrogens is 279 g/mol. The summed E-state index contributed by atoms with van der Waals surface area (Å²) in [5, 5.41) is 4.09. The van der Waals surface area contributed by atoms with Crippen molar-refractivity contribution in [2.24, 2.45) is 0 Å². The Morgan fingerprint density at radius 2 is 2.05 bits per heavy atom. The van der Waals surface area contributed by atoms with E-state index in [4.69, 9.17) is 0 Å². The Hall–Kier alpha value is -1.75. The first-order chi connectivity index (χ1) is 10.6. The van der Waals surface area contributed by atoms with Crippen LogP contribution in [0.4, 0.5) is 4.39 Å². The van der Waals surface area contributed by atoms with Gasteiger partial charge in [0.15, 0.2) is 0 Å². The summed E-state index contributed by atoms with van der Waals surface area (Å²) in [5.74, 6) is 0.853. The lowest BCUT2D eigenvalue weighted by molar-refractivity contribution is 0.291. The van der Waals surface area contributed by atoms with Crippen molar-refractivity contribution in [3.8, 4) is 0 Å². The SMILES string of the molecule is Cc1ccc(C2(C)CCN(Cc3ncnn3CCF)C2)cc1. The minimum Gasteiger partial charge on any atom is -0.295 e. The largest absolute Gasteiger partial charge is 0.295 e. The molecule has 1 aliphatic rings. The van der Waals surface area contributed by atoms with Crippen LogP contribution in [-0.2, 0) is 18.5 Å². The van der Waals surface area contributed by atoms with Crippen molar-refractivity contribution in [1.82, 2.24) is 19.7 Å². The molecule has 0 bridgehead atoms. The fourth-order valence-electron chi connectivity index (χ4n) is 3.26. The van der Waals surface area contributed by atoms with E-state index >= 15 is 0 Å². The molecule has 2 aromatic rings. The van der Waals surface area contributed by atoms with Gasteiger partial charge in [-0.05, 0) is 25.5 Å². The first kappa shape index (κ1) is 15.2. The highest BCUT2D eigenvalue weighted by atomic mass is 19.1. The van der Waals surface area contributed by atoms with E-state index in [1.165, 1.54) is 17.5 Å². The highest BCUT2D eigenvalue weighted by Crippen LogP contribution is 2.34. The molecule has 1 aromatic heterocycles. The summed E-state index contributed by atoms with van der Waals surface area (Å²) in [6.45, 7) is 7.09. The lowest BCUT2D eigenvalue weighted by Crippen LogP contribution is -2.29. The molecule has 0 spiro atoms. The fraction of sp³-hybridized carbons (Fsp3) is 0.529. The third-order valence-electron chi connectivity index (χ3n) is 4.66. The monoisotopic (exact) mass is 302 g/mol. The van der Waals surface area contributed by atoms with Crippen molar-refractivity contribution >= 4 is 0 Å². The summed E-state index contributed by atoms with van der Waals surface area (Å²) in [6, 6.07) is 8.84. The first-order valence-corrected chi connectivity index (χ1v) is 7.83. The smallest absolute Gasteiger partial charge is 0.141 e. The van der Waals surface area contributed by atoms with Gasteiger partial charge in [0.25, 0.3) is 0 Å². The molecule has 5 heteroatoms. The quantitative estimate of drug-likeness (QED) is 0.851. The minimum absolute atomic E-state index is 0.179. The van der Waals surface area contributed by atoms with E-state index in [0.717, 1.165) is 31.9 Å². The highest BCUT2D eigenvalue weighted by Gasteiger charge is 2.35. The molecule has 1 saturated heterocycles. The molecule has 3 rings (SSSR count). The van der Waals surface area contributed by atoms with Crippen LogP contribution in [0.3, 0.4) is 0 Å². The predicted molar refractivity (Wildman–Crippen MR) is 84.4 cm³/mol. The second-order valence-corrected chi connectivity index (χ2v) is 6.48. The maximum atomic E-state index is 12.5. The summed E-state index contributed by atoms with van der Waals surface area (Å²) >= 11 is 0. The van der Waals surface area contributed by atoms with Crippen molar-refractivity contribution in [2.75, 3.05) is 19.8 Å². The van der Waals surface area contributed by atoms with Gasteiger partial charge in [0.2, 0.25) is 0 Å². The number of alkyl halides is 1. The van der Waals surface area contributed by atoms with Crippen LogP contribution >= 0.6 is 0 Å². The molecule has 22 heavy (non-hydrogen) atoms. The molecule has 1 unspecified atom stereocenters. The van der Waals surface area contributed by atoms with Gasteiger partial charge in [0, 0.05) is 12.0 Å². The second kappa shape index (κ2) is 6.16. The molecule has 1 atom stereocenters. The predicted octanol–water partition coefficient (Wildman–Crippen LogP) is 2.72. The maximum Gasteiger partial charge on any atom is 0.141 e. The van der Waals surface area contributed by atoms with Gasteiger partial charge >= 0.3 is 0 Å². The number of benzene rings is 1. The van der Waals surface area contributed by atoms with E-state index in [2.05, 4.69) is 53.1 Å². The number of likely N-dealkylation sites (tertiary alicyclic amines) is 1. The number of nitrogens with zero attached hydrogens (tertiary/aromatic N) is 4. The zero-order valence-corrected chi connectivity index (χ0v) is 13.3. The van der Waals surface area contributed by atoms with Crippen molar-refractivity contribution in [1.29, 1.82) is 0 Å². The van der Waals surface area contributed by atoms with Crippen LogP contribution in [0.25, 0.3) is 0 Å². The van der Waals surface area contributed by atoms with Gasteiger partial charge in [-0.25, -0.2) is 14.1 Å². The molecule has 0 saturated carbocycles. The lowest BCUT2D eigenvalue weighted by Gasteiger charge is -2.25. The molecule has 2 heterocycles. The van der Waals surface area contributed by atoms with Crippen LogP contribution in [0.1, 0.15) is 30.3 Å². The second-order valence-electron chi connectivity index (χ2n) is 6.48. The Morgan fingerprint density at radius 1 is 1.27 bits per heavy atom. The molecule has 1 aliphatic heterocycles. The van der Waals surface area contributed by atoms with E-state index < -0.39 is 6.67 Å². The molecule has 0 aliphatic carbocycles. The number of hydrogen-bond donors (Lipinski definition) is 0. The average molecular weight is 302 g/mol. The number of aryl methyl sites for hydroxylation is 2. The van der Waals surface area contributed by atoms with Gasteiger partial charge in [0.1, 0.15) is 18.8 Å². The Labute approximate surface area is 131 Å². The zero-order valence-electron chi connectivity index (χ0n) is 13.3. The van der Waals surface area contributed by atoms with Gasteiger partial charge < -0.3 is 0 Å². The van der Waals surface area contributed by atoms with E-state index in [1.807, 2.05) is 0 Å². The zero-order chi connectivity index (χ0) is 15.6. The first-order valence-electron chi connectivity index (χ1n) is 7.83. The van der Waals surface area contributed by atoms with E-state index in [1.54, 1.807) is 4.68 Å². The Balaban J connectivity index is 1.69. The third-order valence-corrected chi connectivity index (χ3v) is 4.66. The van der Waals surface area contributed by atoms with Crippen molar-refractivity contribution in [3.63, 3.8) is 0 Å². The third kappa shape index (κ3) is 3.04. The Kier molecular flexibility index (Phi) is 4.25. The van der Waals surface area contributed by atoms with E-state index in [9.17, 15) is 4.39 Å². The van der Waals surface area contributed by atoms with Crippen LogP contribution in [0.5, 0.6) is 0 Å².